The first-order chi connectivity index (χ1) is 17.6. The molecular weight excluding hydrogens is 474 g/mol. The minimum atomic E-state index is -0.696. The standard InChI is InChI=1S/C27H23N5O3S/c1-19-28-29-30-32(19)23(16-20-10-4-2-5-11-20)27(34)35-17-26(33)31-22-14-8-9-15-25(22)36-18-24(31)21-12-6-3-7-13-21/h2-16,24H,17-18H2,1H3/b23-16-. The fraction of sp³-hybridized carbons (Fsp3) is 0.148. The van der Waals surface area contributed by atoms with Crippen molar-refractivity contribution < 1.29 is 14.3 Å². The van der Waals surface area contributed by atoms with Crippen LogP contribution in [0.25, 0.3) is 11.8 Å². The van der Waals surface area contributed by atoms with Crippen molar-refractivity contribution in [2.24, 2.45) is 0 Å². The van der Waals surface area contributed by atoms with Crippen molar-refractivity contribution in [1.29, 1.82) is 0 Å². The van der Waals surface area contributed by atoms with Gasteiger partial charge in [-0.25, -0.2) is 4.79 Å². The van der Waals surface area contributed by atoms with Gasteiger partial charge in [-0.1, -0.05) is 72.8 Å². The number of tetrazole rings is 1. The number of benzene rings is 3. The molecule has 36 heavy (non-hydrogen) atoms. The molecule has 1 aromatic heterocycles. The van der Waals surface area contributed by atoms with Gasteiger partial charge in [0.25, 0.3) is 5.91 Å². The van der Waals surface area contributed by atoms with Crippen LogP contribution in [0.5, 0.6) is 0 Å². The number of aromatic nitrogens is 4. The smallest absolute Gasteiger partial charge is 0.357 e. The second-order valence-corrected chi connectivity index (χ2v) is 9.19. The van der Waals surface area contributed by atoms with Crippen molar-refractivity contribution >= 4 is 41.1 Å². The molecule has 1 amide bonds. The van der Waals surface area contributed by atoms with Crippen LogP contribution < -0.4 is 4.90 Å². The molecule has 0 saturated carbocycles. The summed E-state index contributed by atoms with van der Waals surface area (Å²) in [7, 11) is 0. The third-order valence-electron chi connectivity index (χ3n) is 5.78. The number of rotatable bonds is 6. The summed E-state index contributed by atoms with van der Waals surface area (Å²) in [5.74, 6) is 0.117. The van der Waals surface area contributed by atoms with E-state index < -0.39 is 12.6 Å². The molecule has 4 aromatic rings. The van der Waals surface area contributed by atoms with Gasteiger partial charge in [0.1, 0.15) is 0 Å². The van der Waals surface area contributed by atoms with Gasteiger partial charge in [-0.2, -0.15) is 4.68 Å². The first kappa shape index (κ1) is 23.5. The van der Waals surface area contributed by atoms with E-state index in [-0.39, 0.29) is 17.6 Å². The topological polar surface area (TPSA) is 90.2 Å². The van der Waals surface area contributed by atoms with Crippen molar-refractivity contribution in [3.63, 3.8) is 0 Å². The highest BCUT2D eigenvalue weighted by molar-refractivity contribution is 7.99. The molecular formula is C27H23N5O3S. The third kappa shape index (κ3) is 4.92. The van der Waals surface area contributed by atoms with E-state index in [4.69, 9.17) is 4.74 Å². The van der Waals surface area contributed by atoms with Gasteiger partial charge >= 0.3 is 5.97 Å². The lowest BCUT2D eigenvalue weighted by Gasteiger charge is -2.37. The van der Waals surface area contributed by atoms with Crippen molar-refractivity contribution in [2.45, 2.75) is 17.9 Å². The first-order valence-electron chi connectivity index (χ1n) is 11.4. The zero-order valence-electron chi connectivity index (χ0n) is 19.5. The van der Waals surface area contributed by atoms with Crippen molar-refractivity contribution in [1.82, 2.24) is 20.2 Å². The van der Waals surface area contributed by atoms with E-state index in [1.807, 2.05) is 84.9 Å². The minimum Gasteiger partial charge on any atom is -0.451 e. The molecule has 5 rings (SSSR count). The van der Waals surface area contributed by atoms with E-state index in [0.717, 1.165) is 21.7 Å². The Morgan fingerprint density at radius 3 is 2.42 bits per heavy atom. The van der Waals surface area contributed by atoms with Gasteiger partial charge in [-0.05, 0) is 46.7 Å². The molecule has 0 saturated heterocycles. The number of para-hydroxylation sites is 1. The Morgan fingerprint density at radius 2 is 1.69 bits per heavy atom. The van der Waals surface area contributed by atoms with Crippen LogP contribution in [0.15, 0.2) is 89.8 Å². The van der Waals surface area contributed by atoms with Crippen molar-refractivity contribution in [2.75, 3.05) is 17.3 Å². The second-order valence-electron chi connectivity index (χ2n) is 8.12. The van der Waals surface area contributed by atoms with Gasteiger partial charge in [0.2, 0.25) is 0 Å². The van der Waals surface area contributed by atoms with Crippen LogP contribution >= 0.6 is 11.8 Å². The lowest BCUT2D eigenvalue weighted by molar-refractivity contribution is -0.142. The molecule has 0 bridgehead atoms. The molecule has 1 aliphatic rings. The number of fused-ring (bicyclic) bond motifs is 1. The average molecular weight is 498 g/mol. The Hall–Kier alpha value is -4.24. The molecule has 1 atom stereocenters. The summed E-state index contributed by atoms with van der Waals surface area (Å²) in [6.45, 7) is 1.26. The highest BCUT2D eigenvalue weighted by Gasteiger charge is 2.33. The van der Waals surface area contributed by atoms with E-state index in [1.165, 1.54) is 4.68 Å². The molecule has 8 nitrogen and oxygen atoms in total. The van der Waals surface area contributed by atoms with Crippen LogP contribution in [0.1, 0.15) is 23.0 Å². The lowest BCUT2D eigenvalue weighted by atomic mass is 10.1. The molecule has 0 spiro atoms. The number of aryl methyl sites for hydroxylation is 1. The van der Waals surface area contributed by atoms with Gasteiger partial charge in [-0.3, -0.25) is 9.69 Å². The molecule has 0 radical (unpaired) electrons. The number of carbonyl (C=O) groups excluding carboxylic acids is 2. The van der Waals surface area contributed by atoms with Crippen LogP contribution in [0, 0.1) is 6.92 Å². The molecule has 2 heterocycles. The molecule has 3 aromatic carbocycles. The third-order valence-corrected chi connectivity index (χ3v) is 6.92. The fourth-order valence-corrected chi connectivity index (χ4v) is 5.22. The average Bonchev–Trinajstić information content (AvgIpc) is 3.35. The SMILES string of the molecule is Cc1nnnn1/C(=C\c1ccccc1)C(=O)OCC(=O)N1c2ccccc2SCC1c1ccccc1. The van der Waals surface area contributed by atoms with Gasteiger partial charge < -0.3 is 4.74 Å². The van der Waals surface area contributed by atoms with E-state index in [0.29, 0.717) is 11.6 Å². The molecule has 9 heteroatoms. The predicted molar refractivity (Wildman–Crippen MR) is 138 cm³/mol. The second kappa shape index (κ2) is 10.6. The molecule has 0 fully saturated rings. The number of amides is 1. The quantitative estimate of drug-likeness (QED) is 0.288. The van der Waals surface area contributed by atoms with Crippen molar-refractivity contribution in [3.05, 3.63) is 102 Å². The summed E-state index contributed by atoms with van der Waals surface area (Å²) in [4.78, 5) is 29.5. The number of anilines is 1. The van der Waals surface area contributed by atoms with E-state index >= 15 is 0 Å². The summed E-state index contributed by atoms with van der Waals surface area (Å²) >= 11 is 1.71. The Bertz CT molecular complexity index is 1410. The summed E-state index contributed by atoms with van der Waals surface area (Å²) in [6.07, 6.45) is 1.63. The first-order valence-corrected chi connectivity index (χ1v) is 12.4. The summed E-state index contributed by atoms with van der Waals surface area (Å²) < 4.78 is 6.85. The van der Waals surface area contributed by atoms with E-state index in [1.54, 1.807) is 29.7 Å². The number of hydrogen-bond acceptors (Lipinski definition) is 7. The van der Waals surface area contributed by atoms with Gasteiger partial charge in [0, 0.05) is 10.6 Å². The highest BCUT2D eigenvalue weighted by atomic mass is 32.2. The zero-order chi connectivity index (χ0) is 24.9. The van der Waals surface area contributed by atoms with Crippen LogP contribution in [0.2, 0.25) is 0 Å². The monoisotopic (exact) mass is 497 g/mol. The predicted octanol–water partition coefficient (Wildman–Crippen LogP) is 4.40. The highest BCUT2D eigenvalue weighted by Crippen LogP contribution is 2.43. The van der Waals surface area contributed by atoms with Gasteiger partial charge in [0.15, 0.2) is 18.1 Å². The lowest BCUT2D eigenvalue weighted by Crippen LogP contribution is -2.41. The number of nitrogens with zero attached hydrogens (tertiary/aromatic N) is 5. The largest absolute Gasteiger partial charge is 0.451 e. The maximum atomic E-state index is 13.6. The number of carbonyl (C=O) groups is 2. The van der Waals surface area contributed by atoms with Crippen LogP contribution in [0.4, 0.5) is 5.69 Å². The Morgan fingerprint density at radius 1 is 1.00 bits per heavy atom. The molecule has 0 aliphatic carbocycles. The maximum absolute atomic E-state index is 13.6. The van der Waals surface area contributed by atoms with Crippen LogP contribution in [-0.2, 0) is 14.3 Å². The summed E-state index contributed by atoms with van der Waals surface area (Å²) in [6, 6.07) is 26.8. The van der Waals surface area contributed by atoms with Crippen molar-refractivity contribution in [3.8, 4) is 0 Å². The maximum Gasteiger partial charge on any atom is 0.357 e. The fourth-order valence-electron chi connectivity index (χ4n) is 4.06. The van der Waals surface area contributed by atoms with Crippen LogP contribution in [0.3, 0.4) is 0 Å². The number of esters is 1. The molecule has 180 valence electrons. The van der Waals surface area contributed by atoms with Crippen LogP contribution in [-0.4, -0.2) is 44.4 Å². The minimum absolute atomic E-state index is 0.116. The van der Waals surface area contributed by atoms with E-state index in [2.05, 4.69) is 15.5 Å². The Balaban J connectivity index is 1.41. The number of thioether (sulfide) groups is 1. The number of hydrogen-bond donors (Lipinski definition) is 0. The Labute approximate surface area is 212 Å². The van der Waals surface area contributed by atoms with Gasteiger partial charge in [0.05, 0.1) is 11.7 Å². The Kier molecular flexibility index (Phi) is 6.90. The summed E-state index contributed by atoms with van der Waals surface area (Å²) in [5.41, 5.74) is 2.72. The molecule has 0 N–H and O–H groups in total. The molecule has 1 aliphatic heterocycles. The summed E-state index contributed by atoms with van der Waals surface area (Å²) in [5, 5.41) is 11.4. The number of ether oxygens (including phenoxy) is 1. The zero-order valence-corrected chi connectivity index (χ0v) is 20.3. The normalized spacial score (nSPS) is 15.3. The molecule has 1 unspecified atom stereocenters. The van der Waals surface area contributed by atoms with Gasteiger partial charge in [-0.15, -0.1) is 16.9 Å². The van der Waals surface area contributed by atoms with E-state index in [9.17, 15) is 9.59 Å².